The molecule has 0 aromatic carbocycles. The van der Waals surface area contributed by atoms with Crippen LogP contribution in [0.2, 0.25) is 0 Å². The average molecular weight is 321 g/mol. The first-order valence-electron chi connectivity index (χ1n) is 8.45. The van der Waals surface area contributed by atoms with Crippen LogP contribution >= 0.6 is 0 Å². The monoisotopic (exact) mass is 321 g/mol. The average Bonchev–Trinajstić information content (AvgIpc) is 3.14. The van der Waals surface area contributed by atoms with Crippen LogP contribution < -0.4 is 16.0 Å². The molecule has 0 aliphatic heterocycles. The number of carbonyl (C=O) groups is 3. The van der Waals surface area contributed by atoms with Crippen molar-refractivity contribution in [3.05, 3.63) is 0 Å². The lowest BCUT2D eigenvalue weighted by atomic mass is 9.65. The standard InChI is InChI=1S/C17H26N2O4/c1-15(2)10(5-8-16(15,3)14(22)23)12(20)18-19-13(21)11-9-17(11)6-4-7-17/h10-11H,4-9H2,1-3H3,(H,18,20)(H,19,21)(H,22,23)/p-1/t10-,11+,16-/m1/s1. The quantitative estimate of drug-likeness (QED) is 0.740. The Kier molecular flexibility index (Phi) is 3.50. The number of amides is 2. The van der Waals surface area contributed by atoms with Crippen molar-refractivity contribution in [1.29, 1.82) is 0 Å². The fourth-order valence-corrected chi connectivity index (χ4v) is 4.52. The second-order valence-electron chi connectivity index (χ2n) is 8.38. The molecule has 3 aliphatic rings. The number of aliphatic carboxylic acids is 1. The predicted octanol–water partition coefficient (Wildman–Crippen LogP) is 0.516. The molecule has 3 fully saturated rings. The Morgan fingerprint density at radius 1 is 0.957 bits per heavy atom. The summed E-state index contributed by atoms with van der Waals surface area (Å²) in [6.07, 6.45) is 5.21. The SMILES string of the molecule is CC1(C)[C@@H](C(=O)NNC(=O)[C@@H]2CC23CCC3)CC[C@]1(C)C(=O)[O-]. The highest BCUT2D eigenvalue weighted by atomic mass is 16.4. The molecule has 3 atom stereocenters. The molecule has 3 rings (SSSR count). The minimum Gasteiger partial charge on any atom is -0.550 e. The van der Waals surface area contributed by atoms with Crippen molar-refractivity contribution in [3.8, 4) is 0 Å². The predicted molar refractivity (Wildman–Crippen MR) is 80.3 cm³/mol. The zero-order valence-electron chi connectivity index (χ0n) is 14.0. The van der Waals surface area contributed by atoms with Gasteiger partial charge in [0.2, 0.25) is 11.8 Å². The summed E-state index contributed by atoms with van der Waals surface area (Å²) in [5.41, 5.74) is 3.50. The van der Waals surface area contributed by atoms with Gasteiger partial charge in [0.15, 0.2) is 0 Å². The maximum atomic E-state index is 12.4. The number of carbonyl (C=O) groups excluding carboxylic acids is 3. The van der Waals surface area contributed by atoms with Crippen LogP contribution in [0.15, 0.2) is 0 Å². The van der Waals surface area contributed by atoms with Crippen LogP contribution in [0, 0.1) is 28.1 Å². The van der Waals surface area contributed by atoms with E-state index >= 15 is 0 Å². The van der Waals surface area contributed by atoms with Gasteiger partial charge < -0.3 is 9.90 Å². The van der Waals surface area contributed by atoms with Crippen molar-refractivity contribution in [3.63, 3.8) is 0 Å². The topological polar surface area (TPSA) is 98.3 Å². The first-order valence-corrected chi connectivity index (χ1v) is 8.45. The van der Waals surface area contributed by atoms with Gasteiger partial charge in [0.25, 0.3) is 0 Å². The first kappa shape index (κ1) is 16.3. The van der Waals surface area contributed by atoms with E-state index < -0.39 is 22.7 Å². The normalized spacial score (nSPS) is 36.1. The van der Waals surface area contributed by atoms with Crippen molar-refractivity contribution < 1.29 is 19.5 Å². The molecule has 3 saturated carbocycles. The van der Waals surface area contributed by atoms with E-state index in [1.54, 1.807) is 20.8 Å². The third-order valence-corrected chi connectivity index (χ3v) is 7.16. The van der Waals surface area contributed by atoms with Gasteiger partial charge in [0.1, 0.15) is 0 Å². The zero-order valence-corrected chi connectivity index (χ0v) is 14.0. The molecule has 23 heavy (non-hydrogen) atoms. The summed E-state index contributed by atoms with van der Waals surface area (Å²) in [7, 11) is 0. The fourth-order valence-electron chi connectivity index (χ4n) is 4.52. The summed E-state index contributed by atoms with van der Waals surface area (Å²) < 4.78 is 0. The first-order chi connectivity index (χ1) is 10.6. The second kappa shape index (κ2) is 4.95. The van der Waals surface area contributed by atoms with Gasteiger partial charge >= 0.3 is 0 Å². The number of carboxylic acid groups (broad SMARTS) is 1. The molecule has 2 amide bonds. The van der Waals surface area contributed by atoms with Crippen molar-refractivity contribution in [2.24, 2.45) is 28.1 Å². The summed E-state index contributed by atoms with van der Waals surface area (Å²) in [6.45, 7) is 5.21. The molecular formula is C17H25N2O4-. The Morgan fingerprint density at radius 2 is 1.52 bits per heavy atom. The highest BCUT2D eigenvalue weighted by molar-refractivity contribution is 5.88. The number of hydrazine groups is 1. The van der Waals surface area contributed by atoms with Gasteiger partial charge in [-0.2, -0.15) is 0 Å². The highest BCUT2D eigenvalue weighted by Gasteiger charge is 2.61. The highest BCUT2D eigenvalue weighted by Crippen LogP contribution is 2.65. The molecule has 1 spiro atoms. The van der Waals surface area contributed by atoms with Crippen LogP contribution in [0.3, 0.4) is 0 Å². The van der Waals surface area contributed by atoms with Gasteiger partial charge in [-0.25, -0.2) is 0 Å². The van der Waals surface area contributed by atoms with Crippen LogP contribution in [-0.4, -0.2) is 17.8 Å². The summed E-state index contributed by atoms with van der Waals surface area (Å²) >= 11 is 0. The number of hydrogen-bond acceptors (Lipinski definition) is 4. The summed E-state index contributed by atoms with van der Waals surface area (Å²) in [4.78, 5) is 36.0. The van der Waals surface area contributed by atoms with E-state index in [2.05, 4.69) is 10.9 Å². The van der Waals surface area contributed by atoms with E-state index in [1.807, 2.05) is 0 Å². The van der Waals surface area contributed by atoms with Crippen molar-refractivity contribution in [2.45, 2.75) is 59.3 Å². The molecule has 6 nitrogen and oxygen atoms in total. The lowest BCUT2D eigenvalue weighted by Gasteiger charge is -2.41. The number of nitrogens with one attached hydrogen (secondary N) is 2. The Labute approximate surface area is 136 Å². The summed E-state index contributed by atoms with van der Waals surface area (Å²) in [5.74, 6) is -1.97. The minimum absolute atomic E-state index is 0.0293. The molecule has 0 bridgehead atoms. The van der Waals surface area contributed by atoms with Crippen LogP contribution in [0.4, 0.5) is 0 Å². The van der Waals surface area contributed by atoms with E-state index in [0.717, 1.165) is 19.3 Å². The molecule has 6 heteroatoms. The molecule has 128 valence electrons. The van der Waals surface area contributed by atoms with E-state index in [1.165, 1.54) is 6.42 Å². The zero-order chi connectivity index (χ0) is 17.0. The molecule has 0 radical (unpaired) electrons. The van der Waals surface area contributed by atoms with Crippen LogP contribution in [0.1, 0.15) is 59.3 Å². The number of hydrogen-bond donors (Lipinski definition) is 2. The van der Waals surface area contributed by atoms with Crippen molar-refractivity contribution >= 4 is 17.8 Å². The smallest absolute Gasteiger partial charge is 0.242 e. The Balaban J connectivity index is 1.57. The molecule has 0 saturated heterocycles. The Hall–Kier alpha value is -1.59. The Morgan fingerprint density at radius 3 is 1.91 bits per heavy atom. The van der Waals surface area contributed by atoms with E-state index in [4.69, 9.17) is 0 Å². The van der Waals surface area contributed by atoms with Crippen molar-refractivity contribution in [1.82, 2.24) is 10.9 Å². The largest absolute Gasteiger partial charge is 0.550 e. The Bertz CT molecular complexity index is 567. The van der Waals surface area contributed by atoms with Crippen LogP contribution in [0.5, 0.6) is 0 Å². The molecule has 0 unspecified atom stereocenters. The van der Waals surface area contributed by atoms with Crippen molar-refractivity contribution in [2.75, 3.05) is 0 Å². The van der Waals surface area contributed by atoms with E-state index in [9.17, 15) is 19.5 Å². The summed E-state index contributed by atoms with van der Waals surface area (Å²) in [6, 6.07) is 0. The molecule has 2 N–H and O–H groups in total. The molecule has 3 aliphatic carbocycles. The maximum Gasteiger partial charge on any atom is 0.242 e. The third-order valence-electron chi connectivity index (χ3n) is 7.16. The lowest BCUT2D eigenvalue weighted by molar-refractivity contribution is -0.323. The number of carboxylic acids is 1. The summed E-state index contributed by atoms with van der Waals surface area (Å²) in [5, 5.41) is 11.5. The molecular weight excluding hydrogens is 296 g/mol. The van der Waals surface area contributed by atoms with Crippen LogP contribution in [0.25, 0.3) is 0 Å². The van der Waals surface area contributed by atoms with Crippen LogP contribution in [-0.2, 0) is 14.4 Å². The van der Waals surface area contributed by atoms with Gasteiger partial charge in [0.05, 0.1) is 0 Å². The number of rotatable bonds is 3. The van der Waals surface area contributed by atoms with Gasteiger partial charge in [-0.15, -0.1) is 0 Å². The molecule has 0 heterocycles. The van der Waals surface area contributed by atoms with Gasteiger partial charge in [-0.1, -0.05) is 27.2 Å². The van der Waals surface area contributed by atoms with Gasteiger partial charge in [0, 0.05) is 23.2 Å². The maximum absolute atomic E-state index is 12.4. The minimum atomic E-state index is -1.12. The molecule has 0 aromatic rings. The third kappa shape index (κ3) is 2.25. The second-order valence-corrected chi connectivity index (χ2v) is 8.38. The molecule has 0 aromatic heterocycles. The van der Waals surface area contributed by atoms with E-state index in [-0.39, 0.29) is 23.1 Å². The lowest BCUT2D eigenvalue weighted by Crippen LogP contribution is -2.52. The van der Waals surface area contributed by atoms with Gasteiger partial charge in [-0.3, -0.25) is 20.4 Å². The fraction of sp³-hybridized carbons (Fsp3) is 0.824. The van der Waals surface area contributed by atoms with E-state index in [0.29, 0.717) is 12.8 Å². The van der Waals surface area contributed by atoms with Gasteiger partial charge in [-0.05, 0) is 42.9 Å².